The third-order valence-electron chi connectivity index (χ3n) is 1.36. The number of rotatable bonds is 2. The molecule has 8 nitrogen and oxygen atoms in total. The first-order chi connectivity index (χ1) is 8.01. The smallest absolute Gasteiger partial charge is 0.327 e. The van der Waals surface area contributed by atoms with Gasteiger partial charge in [0.15, 0.2) is 5.96 Å². The molecule has 0 aliphatic rings. The van der Waals surface area contributed by atoms with Gasteiger partial charge in [0.25, 0.3) is 5.17 Å². The van der Waals surface area contributed by atoms with Crippen LogP contribution in [0.4, 0.5) is 15.7 Å². The summed E-state index contributed by atoms with van der Waals surface area (Å²) in [7, 11) is 1.35. The van der Waals surface area contributed by atoms with Crippen LogP contribution in [0.1, 0.15) is 0 Å². The number of thiocarbonyl (C=S) groups is 1. The molecule has 10 heteroatoms. The van der Waals surface area contributed by atoms with Crippen LogP contribution >= 0.6 is 23.6 Å². The summed E-state index contributed by atoms with van der Waals surface area (Å²) < 4.78 is 4.60. The van der Waals surface area contributed by atoms with Crippen LogP contribution in [0.25, 0.3) is 0 Å². The van der Waals surface area contributed by atoms with Crippen molar-refractivity contribution in [3.8, 4) is 0 Å². The van der Waals surface area contributed by atoms with E-state index < -0.39 is 6.03 Å². The lowest BCUT2D eigenvalue weighted by Crippen LogP contribution is -2.34. The Kier molecular flexibility index (Phi) is 4.60. The molecular formula is C7H10N6O2S2. The highest BCUT2D eigenvalue weighted by molar-refractivity contribution is 7.80. The normalized spacial score (nSPS) is 9.24. The van der Waals surface area contributed by atoms with Gasteiger partial charge in [-0.05, 0) is 12.2 Å². The SMILES string of the molecule is COC(=S)NC(=O)Nc1csc(N=C(N)N)n1. The third kappa shape index (κ3) is 4.61. The number of methoxy groups -OCH3 is 1. The van der Waals surface area contributed by atoms with Gasteiger partial charge in [0.2, 0.25) is 5.13 Å². The molecule has 0 aromatic carbocycles. The van der Waals surface area contributed by atoms with Crippen LogP contribution in [0, 0.1) is 0 Å². The summed E-state index contributed by atoms with van der Waals surface area (Å²) in [5, 5.41) is 6.58. The number of hydrogen-bond donors (Lipinski definition) is 4. The minimum absolute atomic E-state index is 0.0397. The summed E-state index contributed by atoms with van der Waals surface area (Å²) in [6.45, 7) is 0. The quantitative estimate of drug-likeness (QED) is 0.344. The number of urea groups is 1. The number of hydrogen-bond acceptors (Lipinski definition) is 6. The molecule has 0 saturated heterocycles. The second-order valence-electron chi connectivity index (χ2n) is 2.62. The first kappa shape index (κ1) is 13.1. The van der Waals surface area contributed by atoms with Gasteiger partial charge in [-0.3, -0.25) is 10.6 Å². The van der Waals surface area contributed by atoms with Gasteiger partial charge in [0, 0.05) is 5.38 Å². The maximum Gasteiger partial charge on any atom is 0.327 e. The van der Waals surface area contributed by atoms with Crippen LogP contribution in [0.2, 0.25) is 0 Å². The van der Waals surface area contributed by atoms with Gasteiger partial charge in [-0.25, -0.2) is 9.78 Å². The summed E-state index contributed by atoms with van der Waals surface area (Å²) in [6.07, 6.45) is 0. The average Bonchev–Trinajstić information content (AvgIpc) is 2.63. The summed E-state index contributed by atoms with van der Waals surface area (Å²) >= 11 is 5.82. The number of anilines is 1. The van der Waals surface area contributed by atoms with E-state index in [1.165, 1.54) is 18.4 Å². The van der Waals surface area contributed by atoms with Gasteiger partial charge in [-0.15, -0.1) is 11.3 Å². The van der Waals surface area contributed by atoms with E-state index in [9.17, 15) is 4.79 Å². The predicted molar refractivity (Wildman–Crippen MR) is 69.3 cm³/mol. The van der Waals surface area contributed by atoms with Crippen LogP contribution < -0.4 is 22.1 Å². The third-order valence-corrected chi connectivity index (χ3v) is 2.36. The highest BCUT2D eigenvalue weighted by Gasteiger charge is 2.07. The number of carbonyl (C=O) groups excluding carboxylic acids is 1. The summed E-state index contributed by atoms with van der Waals surface area (Å²) in [5.74, 6) is 0.210. The molecule has 1 heterocycles. The maximum absolute atomic E-state index is 11.3. The van der Waals surface area contributed by atoms with Gasteiger partial charge < -0.3 is 16.2 Å². The molecule has 0 bridgehead atoms. The maximum atomic E-state index is 11.3. The Bertz CT molecular complexity index is 453. The van der Waals surface area contributed by atoms with Gasteiger partial charge in [0.1, 0.15) is 5.82 Å². The van der Waals surface area contributed by atoms with Gasteiger partial charge in [-0.1, -0.05) is 0 Å². The Morgan fingerprint density at radius 3 is 2.94 bits per heavy atom. The van der Waals surface area contributed by atoms with E-state index in [1.807, 2.05) is 0 Å². The first-order valence-corrected chi connectivity index (χ1v) is 5.51. The monoisotopic (exact) mass is 274 g/mol. The Morgan fingerprint density at radius 1 is 1.65 bits per heavy atom. The van der Waals surface area contributed by atoms with Crippen LogP contribution in [-0.4, -0.2) is 29.3 Å². The topological polar surface area (TPSA) is 128 Å². The number of nitrogens with two attached hydrogens (primary N) is 2. The molecule has 0 unspecified atom stereocenters. The van der Waals surface area contributed by atoms with Crippen molar-refractivity contribution in [1.29, 1.82) is 0 Å². The molecule has 1 aromatic heterocycles. The second kappa shape index (κ2) is 5.96. The van der Waals surface area contributed by atoms with E-state index in [0.29, 0.717) is 10.9 Å². The number of thiazole rings is 1. The number of aromatic nitrogens is 1. The number of nitrogens with one attached hydrogen (secondary N) is 2. The molecule has 6 N–H and O–H groups in total. The summed E-state index contributed by atoms with van der Waals surface area (Å²) in [6, 6.07) is -0.557. The zero-order valence-electron chi connectivity index (χ0n) is 8.76. The molecule has 0 atom stereocenters. The van der Waals surface area contributed by atoms with Crippen molar-refractivity contribution in [1.82, 2.24) is 10.3 Å². The fourth-order valence-electron chi connectivity index (χ4n) is 0.775. The molecule has 0 aliphatic carbocycles. The lowest BCUT2D eigenvalue weighted by molar-refractivity contribution is 0.253. The number of ether oxygens (including phenoxy) is 1. The van der Waals surface area contributed by atoms with Gasteiger partial charge in [0.05, 0.1) is 7.11 Å². The minimum atomic E-state index is -0.557. The number of carbonyl (C=O) groups is 1. The Morgan fingerprint density at radius 2 is 2.35 bits per heavy atom. The van der Waals surface area contributed by atoms with Crippen molar-refractivity contribution >= 4 is 51.7 Å². The Hall–Kier alpha value is -1.94. The minimum Gasteiger partial charge on any atom is -0.474 e. The van der Waals surface area contributed by atoms with Gasteiger partial charge in [-0.2, -0.15) is 4.99 Å². The molecule has 1 rings (SSSR count). The van der Waals surface area contributed by atoms with E-state index in [-0.39, 0.29) is 11.1 Å². The molecule has 92 valence electrons. The lowest BCUT2D eigenvalue weighted by Gasteiger charge is -2.04. The Balaban J connectivity index is 2.58. The lowest BCUT2D eigenvalue weighted by atomic mass is 10.7. The highest BCUT2D eigenvalue weighted by atomic mass is 32.1. The molecule has 17 heavy (non-hydrogen) atoms. The van der Waals surface area contributed by atoms with Crippen molar-refractivity contribution in [2.24, 2.45) is 16.5 Å². The van der Waals surface area contributed by atoms with E-state index in [2.05, 4.69) is 37.6 Å². The molecule has 0 radical (unpaired) electrons. The number of aliphatic imine (C=N–C) groups is 1. The molecule has 0 spiro atoms. The zero-order valence-corrected chi connectivity index (χ0v) is 10.4. The molecule has 0 aliphatic heterocycles. The predicted octanol–water partition coefficient (Wildman–Crippen LogP) is 0.101. The number of guanidine groups is 1. The van der Waals surface area contributed by atoms with E-state index >= 15 is 0 Å². The molecule has 0 saturated carbocycles. The van der Waals surface area contributed by atoms with Crippen molar-refractivity contribution in [2.75, 3.05) is 12.4 Å². The number of amides is 2. The van der Waals surface area contributed by atoms with Crippen LogP contribution in [0.5, 0.6) is 0 Å². The second-order valence-corrected chi connectivity index (χ2v) is 3.83. The van der Waals surface area contributed by atoms with Crippen molar-refractivity contribution < 1.29 is 9.53 Å². The summed E-state index contributed by atoms with van der Waals surface area (Å²) in [4.78, 5) is 19.0. The van der Waals surface area contributed by atoms with Crippen LogP contribution in [-0.2, 0) is 4.74 Å². The molecule has 1 aromatic rings. The number of nitrogens with zero attached hydrogens (tertiary/aromatic N) is 2. The molecule has 0 fully saturated rings. The molecular weight excluding hydrogens is 264 g/mol. The van der Waals surface area contributed by atoms with E-state index in [0.717, 1.165) is 0 Å². The zero-order chi connectivity index (χ0) is 12.8. The van der Waals surface area contributed by atoms with Crippen LogP contribution in [0.15, 0.2) is 10.4 Å². The van der Waals surface area contributed by atoms with Crippen molar-refractivity contribution in [3.63, 3.8) is 0 Å². The Labute approximate surface area is 106 Å². The largest absolute Gasteiger partial charge is 0.474 e. The van der Waals surface area contributed by atoms with E-state index in [1.54, 1.807) is 5.38 Å². The van der Waals surface area contributed by atoms with Crippen LogP contribution in [0.3, 0.4) is 0 Å². The first-order valence-electron chi connectivity index (χ1n) is 4.22. The summed E-state index contributed by atoms with van der Waals surface area (Å²) in [5.41, 5.74) is 10.4. The average molecular weight is 274 g/mol. The van der Waals surface area contributed by atoms with Crippen molar-refractivity contribution in [3.05, 3.63) is 5.38 Å². The fourth-order valence-corrected chi connectivity index (χ4v) is 1.51. The van der Waals surface area contributed by atoms with E-state index in [4.69, 9.17) is 11.5 Å². The standard InChI is InChI=1S/C7H10N6O2S2/c1-15-7(16)13-5(14)10-3-2-17-6(11-3)12-4(8)9/h2H,1H3,(H4,8,9,11,12)(H2,10,13,14,16). The molecule has 2 amide bonds. The van der Waals surface area contributed by atoms with Crippen molar-refractivity contribution in [2.45, 2.75) is 0 Å². The fraction of sp³-hybridized carbons (Fsp3) is 0.143. The van der Waals surface area contributed by atoms with Gasteiger partial charge >= 0.3 is 6.03 Å². The highest BCUT2D eigenvalue weighted by Crippen LogP contribution is 2.21.